The highest BCUT2D eigenvalue weighted by Gasteiger charge is 2.26. The molecule has 212 valence electrons. The first kappa shape index (κ1) is 35.0. The van der Waals surface area contributed by atoms with Gasteiger partial charge in [0.2, 0.25) is 0 Å². The molecule has 9 N–H and O–H groups in total. The number of ether oxygens (including phenoxy) is 3. The quantitative estimate of drug-likeness (QED) is 0.0458. The Kier molecular flexibility index (Phi) is 22.0. The summed E-state index contributed by atoms with van der Waals surface area (Å²) in [6.07, 6.45) is 5.98. The number of nitrogens with one attached hydrogen (secondary N) is 1. The molecule has 0 aromatic heterocycles. The van der Waals surface area contributed by atoms with Gasteiger partial charge in [0.05, 0.1) is 25.4 Å². The maximum atomic E-state index is 9.85. The van der Waals surface area contributed by atoms with Crippen LogP contribution in [0.3, 0.4) is 0 Å². The van der Waals surface area contributed by atoms with Crippen LogP contribution in [0.2, 0.25) is 12.1 Å². The Bertz CT molecular complexity index is 428. The molecule has 35 heavy (non-hydrogen) atoms. The van der Waals surface area contributed by atoms with Crippen molar-refractivity contribution >= 4 is 17.6 Å². The standard InChI is InChI=1S/C21H49NO11Si2/c23-20(18-32-13-7-15-34(25,26)27)9-3-1-2-5-11-31-12-6-4-10-22-17-21(24)19-33-14-8-16-35(28,29)30/h20-30H,1-19H2. The highest BCUT2D eigenvalue weighted by atomic mass is 28.4. The van der Waals surface area contributed by atoms with Crippen LogP contribution in [0.4, 0.5) is 0 Å². The van der Waals surface area contributed by atoms with Crippen LogP contribution in [-0.2, 0) is 14.2 Å². The molecular weight excluding hydrogens is 498 g/mol. The van der Waals surface area contributed by atoms with Crippen molar-refractivity contribution in [1.82, 2.24) is 5.32 Å². The van der Waals surface area contributed by atoms with Crippen LogP contribution < -0.4 is 5.32 Å². The Hall–Kier alpha value is -0.0462. The van der Waals surface area contributed by atoms with Gasteiger partial charge in [-0.1, -0.05) is 19.3 Å². The predicted molar refractivity (Wildman–Crippen MR) is 133 cm³/mol. The second-order valence-corrected chi connectivity index (χ2v) is 13.0. The zero-order valence-electron chi connectivity index (χ0n) is 20.9. The van der Waals surface area contributed by atoms with Gasteiger partial charge in [-0.2, -0.15) is 0 Å². The number of aliphatic hydroxyl groups is 2. The van der Waals surface area contributed by atoms with Crippen LogP contribution in [-0.4, -0.2) is 122 Å². The van der Waals surface area contributed by atoms with Crippen molar-refractivity contribution in [2.75, 3.05) is 52.7 Å². The van der Waals surface area contributed by atoms with Crippen LogP contribution in [0.1, 0.15) is 57.8 Å². The van der Waals surface area contributed by atoms with E-state index in [0.717, 1.165) is 45.1 Å². The van der Waals surface area contributed by atoms with E-state index in [1.54, 1.807) is 0 Å². The molecule has 0 aliphatic heterocycles. The SMILES string of the molecule is OC(CCCCCCOCCCCNCC(O)COCCC[Si](O)(O)O)COCCC[Si](O)(O)O. The third-order valence-electron chi connectivity index (χ3n) is 5.07. The molecule has 0 fully saturated rings. The second kappa shape index (κ2) is 22.0. The van der Waals surface area contributed by atoms with Crippen LogP contribution in [0, 0.1) is 0 Å². The van der Waals surface area contributed by atoms with Crippen molar-refractivity contribution < 1.29 is 53.2 Å². The molecule has 0 aliphatic carbocycles. The third-order valence-corrected chi connectivity index (χ3v) is 7.12. The summed E-state index contributed by atoms with van der Waals surface area (Å²) in [7, 11) is -7.97. The second-order valence-electron chi connectivity index (χ2n) is 8.94. The van der Waals surface area contributed by atoms with E-state index in [-0.39, 0.29) is 38.5 Å². The third kappa shape index (κ3) is 30.1. The highest BCUT2D eigenvalue weighted by Crippen LogP contribution is 2.08. The van der Waals surface area contributed by atoms with Crippen LogP contribution in [0.25, 0.3) is 0 Å². The van der Waals surface area contributed by atoms with Crippen molar-refractivity contribution in [3.8, 4) is 0 Å². The van der Waals surface area contributed by atoms with Crippen molar-refractivity contribution in [2.45, 2.75) is 82.1 Å². The van der Waals surface area contributed by atoms with E-state index in [0.29, 0.717) is 39.0 Å². The molecule has 0 radical (unpaired) electrons. The van der Waals surface area contributed by atoms with Crippen molar-refractivity contribution in [3.05, 3.63) is 0 Å². The molecule has 0 rings (SSSR count). The van der Waals surface area contributed by atoms with Gasteiger partial charge in [-0.3, -0.25) is 0 Å². The average molecular weight is 548 g/mol. The highest BCUT2D eigenvalue weighted by molar-refractivity contribution is 6.56. The molecule has 0 saturated heterocycles. The molecule has 0 amide bonds. The van der Waals surface area contributed by atoms with Gasteiger partial charge in [0.15, 0.2) is 0 Å². The topological polar surface area (TPSA) is 202 Å². The molecular formula is C21H49NO11Si2. The minimum Gasteiger partial charge on any atom is -0.391 e. The fraction of sp³-hybridized carbons (Fsp3) is 1.00. The molecule has 12 nitrogen and oxygen atoms in total. The maximum absolute atomic E-state index is 9.85. The first-order valence-corrected chi connectivity index (χ1v) is 16.7. The molecule has 0 aliphatic rings. The lowest BCUT2D eigenvalue weighted by atomic mass is 10.1. The summed E-state index contributed by atoms with van der Waals surface area (Å²) in [5, 5.41) is 22.8. The predicted octanol–water partition coefficient (Wildman–Crippen LogP) is -1.31. The normalized spacial score (nSPS) is 14.4. The Morgan fingerprint density at radius 2 is 1.03 bits per heavy atom. The lowest BCUT2D eigenvalue weighted by Gasteiger charge is -2.13. The number of hydrogen-bond donors (Lipinski definition) is 9. The summed E-state index contributed by atoms with van der Waals surface area (Å²) in [5.41, 5.74) is 0. The van der Waals surface area contributed by atoms with E-state index < -0.39 is 29.8 Å². The summed E-state index contributed by atoms with van der Waals surface area (Å²) < 4.78 is 16.1. The van der Waals surface area contributed by atoms with Crippen LogP contribution >= 0.6 is 0 Å². The lowest BCUT2D eigenvalue weighted by molar-refractivity contribution is 0.0305. The first-order chi connectivity index (χ1) is 16.5. The number of aliphatic hydroxyl groups excluding tert-OH is 2. The Morgan fingerprint density at radius 1 is 0.543 bits per heavy atom. The number of rotatable bonds is 26. The molecule has 0 bridgehead atoms. The summed E-state index contributed by atoms with van der Waals surface area (Å²) in [5.74, 6) is 0. The fourth-order valence-electron chi connectivity index (χ4n) is 3.17. The molecule has 14 heteroatoms. The maximum Gasteiger partial charge on any atom is 0.492 e. The summed E-state index contributed by atoms with van der Waals surface area (Å²) >= 11 is 0. The Labute approximate surface area is 211 Å². The van der Waals surface area contributed by atoms with Crippen molar-refractivity contribution in [2.24, 2.45) is 0 Å². The van der Waals surface area contributed by atoms with Gasteiger partial charge in [0, 0.05) is 45.1 Å². The molecule has 0 aromatic carbocycles. The summed E-state index contributed by atoms with van der Waals surface area (Å²) in [4.78, 5) is 53.3. The van der Waals surface area contributed by atoms with Gasteiger partial charge in [0.25, 0.3) is 0 Å². The Morgan fingerprint density at radius 3 is 1.60 bits per heavy atom. The molecule has 0 heterocycles. The first-order valence-electron chi connectivity index (χ1n) is 12.6. The van der Waals surface area contributed by atoms with E-state index in [2.05, 4.69) is 5.32 Å². The van der Waals surface area contributed by atoms with Gasteiger partial charge >= 0.3 is 17.6 Å². The van der Waals surface area contributed by atoms with E-state index >= 15 is 0 Å². The van der Waals surface area contributed by atoms with Crippen molar-refractivity contribution in [3.63, 3.8) is 0 Å². The van der Waals surface area contributed by atoms with Gasteiger partial charge in [-0.25, -0.2) is 0 Å². The zero-order chi connectivity index (χ0) is 26.4. The minimum atomic E-state index is -3.99. The smallest absolute Gasteiger partial charge is 0.391 e. The Balaban J connectivity index is 3.27. The fourth-order valence-corrected chi connectivity index (χ4v) is 4.40. The molecule has 2 atom stereocenters. The van der Waals surface area contributed by atoms with Crippen LogP contribution in [0.5, 0.6) is 0 Å². The number of unbranched alkanes of at least 4 members (excludes halogenated alkanes) is 4. The minimum absolute atomic E-state index is 0.0570. The zero-order valence-corrected chi connectivity index (χ0v) is 22.9. The summed E-state index contributed by atoms with van der Waals surface area (Å²) in [6.45, 7) is 3.51. The van der Waals surface area contributed by atoms with Gasteiger partial charge in [0.1, 0.15) is 0 Å². The van der Waals surface area contributed by atoms with E-state index in [1.807, 2.05) is 0 Å². The molecule has 2 unspecified atom stereocenters. The average Bonchev–Trinajstić information content (AvgIpc) is 2.74. The summed E-state index contributed by atoms with van der Waals surface area (Å²) in [6, 6.07) is -0.127. The van der Waals surface area contributed by atoms with E-state index in [9.17, 15) is 10.2 Å². The molecule has 0 saturated carbocycles. The van der Waals surface area contributed by atoms with E-state index in [4.69, 9.17) is 43.0 Å². The van der Waals surface area contributed by atoms with Gasteiger partial charge in [-0.15, -0.1) is 0 Å². The van der Waals surface area contributed by atoms with E-state index in [1.165, 1.54) is 0 Å². The van der Waals surface area contributed by atoms with Crippen molar-refractivity contribution in [1.29, 1.82) is 0 Å². The van der Waals surface area contributed by atoms with Crippen LogP contribution in [0.15, 0.2) is 0 Å². The van der Waals surface area contributed by atoms with Gasteiger partial charge in [-0.05, 0) is 45.1 Å². The number of hydrogen-bond acceptors (Lipinski definition) is 12. The van der Waals surface area contributed by atoms with Gasteiger partial charge < -0.3 is 58.5 Å². The largest absolute Gasteiger partial charge is 0.492 e. The lowest BCUT2D eigenvalue weighted by Crippen LogP contribution is -2.34. The monoisotopic (exact) mass is 547 g/mol. The molecule has 0 aromatic rings. The molecule has 0 spiro atoms.